The molecule has 0 radical (unpaired) electrons. The lowest BCUT2D eigenvalue weighted by Crippen LogP contribution is -2.30. The molecule has 0 saturated heterocycles. The molecule has 0 aliphatic heterocycles. The first-order valence-electron chi connectivity index (χ1n) is 4.43. The molecule has 0 aromatic carbocycles. The van der Waals surface area contributed by atoms with Crippen LogP contribution in [-0.4, -0.2) is 50.8 Å². The summed E-state index contributed by atoms with van der Waals surface area (Å²) in [7, 11) is 3.25. The average molecular weight is 189 g/mol. The van der Waals surface area contributed by atoms with Crippen LogP contribution >= 0.6 is 0 Å². The minimum absolute atomic E-state index is 0.216. The fourth-order valence-electron chi connectivity index (χ4n) is 0.808. The molecule has 0 bridgehead atoms. The molecule has 0 spiro atoms. The van der Waals surface area contributed by atoms with E-state index in [2.05, 4.69) is 4.74 Å². The molecule has 0 aliphatic carbocycles. The Morgan fingerprint density at radius 3 is 2.54 bits per heavy atom. The van der Waals surface area contributed by atoms with Crippen LogP contribution in [0.3, 0.4) is 0 Å². The summed E-state index contributed by atoms with van der Waals surface area (Å²) in [6.45, 7) is 5.68. The molecule has 0 N–H and O–H groups in total. The van der Waals surface area contributed by atoms with Crippen molar-refractivity contribution in [3.8, 4) is 0 Å². The second-order valence-corrected chi connectivity index (χ2v) is 3.23. The van der Waals surface area contributed by atoms with Crippen molar-refractivity contribution in [1.82, 2.24) is 4.90 Å². The SMILES string of the molecule is COC(=O)CN(C)CCOC(C)C. The van der Waals surface area contributed by atoms with Gasteiger partial charge in [-0.05, 0) is 20.9 Å². The monoisotopic (exact) mass is 189 g/mol. The summed E-state index contributed by atoms with van der Waals surface area (Å²) in [4.78, 5) is 12.7. The molecule has 0 amide bonds. The van der Waals surface area contributed by atoms with E-state index in [9.17, 15) is 4.79 Å². The molecule has 0 aromatic rings. The van der Waals surface area contributed by atoms with Crippen LogP contribution in [0.15, 0.2) is 0 Å². The Kier molecular flexibility index (Phi) is 6.54. The van der Waals surface area contributed by atoms with Gasteiger partial charge >= 0.3 is 5.97 Å². The lowest BCUT2D eigenvalue weighted by atomic mass is 10.5. The van der Waals surface area contributed by atoms with Crippen LogP contribution in [0.4, 0.5) is 0 Å². The summed E-state index contributed by atoms with van der Waals surface area (Å²) in [5, 5.41) is 0. The Bertz CT molecular complexity index is 148. The number of esters is 1. The molecular formula is C9H19NO3. The third-order valence-corrected chi connectivity index (χ3v) is 1.55. The van der Waals surface area contributed by atoms with Crippen LogP contribution in [0.5, 0.6) is 0 Å². The molecule has 0 aliphatic rings. The molecule has 0 rings (SSSR count). The van der Waals surface area contributed by atoms with E-state index in [0.717, 1.165) is 6.54 Å². The van der Waals surface area contributed by atoms with Gasteiger partial charge in [0.05, 0.1) is 26.4 Å². The van der Waals surface area contributed by atoms with Crippen molar-refractivity contribution in [1.29, 1.82) is 0 Å². The van der Waals surface area contributed by atoms with Crippen molar-refractivity contribution in [3.63, 3.8) is 0 Å². The lowest BCUT2D eigenvalue weighted by Gasteiger charge is -2.15. The highest BCUT2D eigenvalue weighted by Crippen LogP contribution is 1.89. The summed E-state index contributed by atoms with van der Waals surface area (Å²) in [6.07, 6.45) is 0.242. The van der Waals surface area contributed by atoms with E-state index >= 15 is 0 Å². The van der Waals surface area contributed by atoms with Crippen LogP contribution < -0.4 is 0 Å². The number of carbonyl (C=O) groups is 1. The summed E-state index contributed by atoms with van der Waals surface area (Å²) in [5.74, 6) is -0.216. The molecule has 0 unspecified atom stereocenters. The number of methoxy groups -OCH3 is 1. The first-order valence-corrected chi connectivity index (χ1v) is 4.43. The van der Waals surface area contributed by atoms with Gasteiger partial charge < -0.3 is 9.47 Å². The number of rotatable bonds is 6. The fraction of sp³-hybridized carbons (Fsp3) is 0.889. The average Bonchev–Trinajstić information content (AvgIpc) is 2.03. The standard InChI is InChI=1S/C9H19NO3/c1-8(2)13-6-5-10(3)7-9(11)12-4/h8H,5-7H2,1-4H3. The second-order valence-electron chi connectivity index (χ2n) is 3.23. The topological polar surface area (TPSA) is 38.8 Å². The van der Waals surface area contributed by atoms with Crippen LogP contribution in [0.1, 0.15) is 13.8 Å². The van der Waals surface area contributed by atoms with Crippen LogP contribution in [0, 0.1) is 0 Å². The summed E-state index contributed by atoms with van der Waals surface area (Å²) >= 11 is 0. The van der Waals surface area contributed by atoms with Crippen molar-refractivity contribution in [3.05, 3.63) is 0 Å². The van der Waals surface area contributed by atoms with Crippen LogP contribution in [0.2, 0.25) is 0 Å². The normalized spacial score (nSPS) is 10.9. The van der Waals surface area contributed by atoms with E-state index in [1.54, 1.807) is 0 Å². The Morgan fingerprint density at radius 2 is 2.08 bits per heavy atom. The van der Waals surface area contributed by atoms with E-state index in [1.165, 1.54) is 7.11 Å². The van der Waals surface area contributed by atoms with Gasteiger partial charge in [-0.1, -0.05) is 0 Å². The van der Waals surface area contributed by atoms with Gasteiger partial charge in [-0.25, -0.2) is 0 Å². The van der Waals surface area contributed by atoms with E-state index in [-0.39, 0.29) is 12.1 Å². The van der Waals surface area contributed by atoms with Gasteiger partial charge in [-0.15, -0.1) is 0 Å². The molecular weight excluding hydrogens is 170 g/mol. The highest BCUT2D eigenvalue weighted by atomic mass is 16.5. The van der Waals surface area contributed by atoms with Crippen LogP contribution in [0.25, 0.3) is 0 Å². The maximum Gasteiger partial charge on any atom is 0.319 e. The van der Waals surface area contributed by atoms with Crippen molar-refractivity contribution in [2.45, 2.75) is 20.0 Å². The van der Waals surface area contributed by atoms with Crippen LogP contribution in [-0.2, 0) is 14.3 Å². The molecule has 4 heteroatoms. The molecule has 0 aromatic heterocycles. The molecule has 0 heterocycles. The third kappa shape index (κ3) is 7.74. The van der Waals surface area contributed by atoms with Crippen molar-refractivity contribution >= 4 is 5.97 Å². The van der Waals surface area contributed by atoms with Crippen molar-refractivity contribution < 1.29 is 14.3 Å². The van der Waals surface area contributed by atoms with E-state index in [1.807, 2.05) is 25.8 Å². The molecule has 0 atom stereocenters. The molecule has 78 valence electrons. The van der Waals surface area contributed by atoms with Gasteiger partial charge in [0, 0.05) is 6.54 Å². The number of likely N-dealkylation sites (N-methyl/N-ethyl adjacent to an activating group) is 1. The first-order chi connectivity index (χ1) is 6.06. The highest BCUT2D eigenvalue weighted by molar-refractivity contribution is 5.71. The Hall–Kier alpha value is -0.610. The van der Waals surface area contributed by atoms with E-state index < -0.39 is 0 Å². The smallest absolute Gasteiger partial charge is 0.319 e. The molecule has 4 nitrogen and oxygen atoms in total. The molecule has 0 saturated carbocycles. The minimum atomic E-state index is -0.216. The Balaban J connectivity index is 3.40. The van der Waals surface area contributed by atoms with Crippen molar-refractivity contribution in [2.75, 3.05) is 33.9 Å². The fourth-order valence-corrected chi connectivity index (χ4v) is 0.808. The number of nitrogens with zero attached hydrogens (tertiary/aromatic N) is 1. The summed E-state index contributed by atoms with van der Waals surface area (Å²) < 4.78 is 9.86. The molecule has 0 fully saturated rings. The quantitative estimate of drug-likeness (QED) is 0.571. The largest absolute Gasteiger partial charge is 0.468 e. The number of hydrogen-bond donors (Lipinski definition) is 0. The van der Waals surface area contributed by atoms with Gasteiger partial charge in [0.1, 0.15) is 0 Å². The number of hydrogen-bond acceptors (Lipinski definition) is 4. The zero-order chi connectivity index (χ0) is 10.3. The second kappa shape index (κ2) is 6.86. The Morgan fingerprint density at radius 1 is 1.46 bits per heavy atom. The Labute approximate surface area is 79.8 Å². The van der Waals surface area contributed by atoms with Crippen molar-refractivity contribution in [2.24, 2.45) is 0 Å². The van der Waals surface area contributed by atoms with E-state index in [4.69, 9.17) is 4.74 Å². The lowest BCUT2D eigenvalue weighted by molar-refractivity contribution is -0.141. The first kappa shape index (κ1) is 12.4. The maximum atomic E-state index is 10.8. The number of ether oxygens (including phenoxy) is 2. The highest BCUT2D eigenvalue weighted by Gasteiger charge is 2.05. The zero-order valence-corrected chi connectivity index (χ0v) is 8.87. The van der Waals surface area contributed by atoms with Gasteiger partial charge in [-0.2, -0.15) is 0 Å². The third-order valence-electron chi connectivity index (χ3n) is 1.55. The van der Waals surface area contributed by atoms with Gasteiger partial charge in [-0.3, -0.25) is 9.69 Å². The molecule has 13 heavy (non-hydrogen) atoms. The number of carbonyl (C=O) groups excluding carboxylic acids is 1. The summed E-state index contributed by atoms with van der Waals surface area (Å²) in [5.41, 5.74) is 0. The van der Waals surface area contributed by atoms with Gasteiger partial charge in [0.25, 0.3) is 0 Å². The zero-order valence-electron chi connectivity index (χ0n) is 8.87. The van der Waals surface area contributed by atoms with Gasteiger partial charge in [0.2, 0.25) is 0 Å². The minimum Gasteiger partial charge on any atom is -0.468 e. The predicted octanol–water partition coefficient (Wildman–Crippen LogP) is 0.516. The van der Waals surface area contributed by atoms with E-state index in [0.29, 0.717) is 13.2 Å². The maximum absolute atomic E-state index is 10.8. The summed E-state index contributed by atoms with van der Waals surface area (Å²) in [6, 6.07) is 0. The predicted molar refractivity (Wildman–Crippen MR) is 50.6 cm³/mol. The van der Waals surface area contributed by atoms with Gasteiger partial charge in [0.15, 0.2) is 0 Å².